The lowest BCUT2D eigenvalue weighted by atomic mass is 9.90. The van der Waals surface area contributed by atoms with Crippen LogP contribution in [0.25, 0.3) is 0 Å². The molecule has 2 aliphatic rings. The number of piperidine rings is 1. The highest BCUT2D eigenvalue weighted by molar-refractivity contribution is 8.14. The summed E-state index contributed by atoms with van der Waals surface area (Å²) in [6.45, 7) is 4.52. The molecule has 0 aromatic heterocycles. The van der Waals surface area contributed by atoms with Crippen LogP contribution in [0.2, 0.25) is 5.02 Å². The van der Waals surface area contributed by atoms with Crippen molar-refractivity contribution in [2.45, 2.75) is 31.1 Å². The van der Waals surface area contributed by atoms with E-state index in [0.29, 0.717) is 22.7 Å². The third kappa shape index (κ3) is 5.53. The van der Waals surface area contributed by atoms with E-state index in [-0.39, 0.29) is 11.1 Å². The van der Waals surface area contributed by atoms with E-state index in [1.165, 1.54) is 23.4 Å². The Kier molecular flexibility index (Phi) is 6.78. The van der Waals surface area contributed by atoms with E-state index < -0.39 is 0 Å². The lowest BCUT2D eigenvalue weighted by Gasteiger charge is -2.33. The van der Waals surface area contributed by atoms with Crippen molar-refractivity contribution in [2.75, 3.05) is 26.2 Å². The van der Waals surface area contributed by atoms with Crippen LogP contribution in [0, 0.1) is 11.7 Å². The van der Waals surface area contributed by atoms with E-state index in [0.717, 1.165) is 51.0 Å². The maximum Gasteiger partial charge on any atom is 0.282 e. The highest BCUT2D eigenvalue weighted by atomic mass is 35.5. The Morgan fingerprint density at radius 2 is 1.86 bits per heavy atom. The van der Waals surface area contributed by atoms with Crippen LogP contribution < -0.4 is 0 Å². The summed E-state index contributed by atoms with van der Waals surface area (Å²) in [6.07, 6.45) is 3.02. The van der Waals surface area contributed by atoms with Crippen LogP contribution in [-0.4, -0.2) is 46.5 Å². The first kappa shape index (κ1) is 20.7. The molecule has 0 spiro atoms. The molecule has 3 nitrogen and oxygen atoms in total. The second kappa shape index (κ2) is 9.50. The highest BCUT2D eigenvalue weighted by Crippen LogP contribution is 2.30. The van der Waals surface area contributed by atoms with Crippen molar-refractivity contribution >= 4 is 28.6 Å². The standard InChI is InChI=1S/C23H26ClFN2OS/c24-22-7-6-20(25)13-19(22)12-17-8-10-26(11-9-17)15-21-16-27(23(28)29-21)14-18-4-2-1-3-5-18/h1-7,13,17,21H,8-12,14-16H2. The van der Waals surface area contributed by atoms with Gasteiger partial charge in [-0.15, -0.1) is 0 Å². The zero-order chi connectivity index (χ0) is 20.2. The number of halogens is 2. The van der Waals surface area contributed by atoms with Crippen molar-refractivity contribution in [3.05, 3.63) is 70.5 Å². The van der Waals surface area contributed by atoms with E-state index in [4.69, 9.17) is 11.6 Å². The number of thioether (sulfide) groups is 1. The Morgan fingerprint density at radius 1 is 1.10 bits per heavy atom. The van der Waals surface area contributed by atoms with Gasteiger partial charge in [-0.3, -0.25) is 4.79 Å². The molecule has 0 aliphatic carbocycles. The SMILES string of the molecule is O=C1SC(CN2CCC(Cc3cc(F)ccc3Cl)CC2)CN1Cc1ccccc1. The molecule has 1 atom stereocenters. The summed E-state index contributed by atoms with van der Waals surface area (Å²) in [5.74, 6) is 0.322. The topological polar surface area (TPSA) is 23.6 Å². The van der Waals surface area contributed by atoms with E-state index in [1.54, 1.807) is 12.1 Å². The van der Waals surface area contributed by atoms with Gasteiger partial charge in [-0.25, -0.2) is 4.39 Å². The fraction of sp³-hybridized carbons (Fsp3) is 0.435. The molecule has 2 heterocycles. The fourth-order valence-electron chi connectivity index (χ4n) is 4.27. The largest absolute Gasteiger partial charge is 0.328 e. The fourth-order valence-corrected chi connectivity index (χ4v) is 5.58. The van der Waals surface area contributed by atoms with Gasteiger partial charge in [-0.05, 0) is 67.6 Å². The Labute approximate surface area is 181 Å². The molecule has 2 aliphatic heterocycles. The van der Waals surface area contributed by atoms with E-state index >= 15 is 0 Å². The first-order valence-corrected chi connectivity index (χ1v) is 11.5. The Bertz CT molecular complexity index is 842. The number of benzene rings is 2. The van der Waals surface area contributed by atoms with Crippen LogP contribution in [0.5, 0.6) is 0 Å². The minimum Gasteiger partial charge on any atom is -0.328 e. The molecule has 1 unspecified atom stereocenters. The normalized spacial score (nSPS) is 21.1. The second-order valence-electron chi connectivity index (χ2n) is 8.06. The van der Waals surface area contributed by atoms with Gasteiger partial charge in [0.1, 0.15) is 5.82 Å². The van der Waals surface area contributed by atoms with Gasteiger partial charge in [-0.1, -0.05) is 53.7 Å². The third-order valence-corrected chi connectivity index (χ3v) is 7.31. The molecule has 2 fully saturated rings. The van der Waals surface area contributed by atoms with Gasteiger partial charge in [0, 0.05) is 29.9 Å². The van der Waals surface area contributed by atoms with Crippen molar-refractivity contribution in [3.8, 4) is 0 Å². The molecule has 0 saturated carbocycles. The maximum atomic E-state index is 13.5. The van der Waals surface area contributed by atoms with Crippen LogP contribution in [-0.2, 0) is 13.0 Å². The summed E-state index contributed by atoms with van der Waals surface area (Å²) >= 11 is 7.71. The zero-order valence-electron chi connectivity index (χ0n) is 16.4. The molecule has 1 amide bonds. The second-order valence-corrected chi connectivity index (χ2v) is 9.71. The van der Waals surface area contributed by atoms with Crippen LogP contribution in [0.3, 0.4) is 0 Å². The van der Waals surface area contributed by atoms with Crippen LogP contribution in [0.4, 0.5) is 9.18 Å². The molecule has 2 saturated heterocycles. The molecule has 0 bridgehead atoms. The quantitative estimate of drug-likeness (QED) is 0.604. The summed E-state index contributed by atoms with van der Waals surface area (Å²) in [6, 6.07) is 14.8. The number of amides is 1. The lowest BCUT2D eigenvalue weighted by Crippen LogP contribution is -2.39. The van der Waals surface area contributed by atoms with Gasteiger partial charge < -0.3 is 9.80 Å². The molecule has 0 N–H and O–H groups in total. The molecular formula is C23H26ClFN2OS. The molecule has 4 rings (SSSR count). The number of hydrogen-bond donors (Lipinski definition) is 0. The van der Waals surface area contributed by atoms with Gasteiger partial charge in [0.15, 0.2) is 0 Å². The van der Waals surface area contributed by atoms with Crippen LogP contribution >= 0.6 is 23.4 Å². The number of nitrogens with zero attached hydrogens (tertiary/aromatic N) is 2. The van der Waals surface area contributed by atoms with Crippen molar-refractivity contribution < 1.29 is 9.18 Å². The molecule has 0 radical (unpaired) electrons. The van der Waals surface area contributed by atoms with Gasteiger partial charge in [0.05, 0.1) is 0 Å². The van der Waals surface area contributed by atoms with Crippen LogP contribution in [0.15, 0.2) is 48.5 Å². The summed E-state index contributed by atoms with van der Waals surface area (Å²) in [5, 5.41) is 1.18. The predicted molar refractivity (Wildman–Crippen MR) is 118 cm³/mol. The molecule has 154 valence electrons. The molecule has 2 aromatic rings. The minimum atomic E-state index is -0.218. The van der Waals surface area contributed by atoms with E-state index in [1.807, 2.05) is 23.1 Å². The summed E-state index contributed by atoms with van der Waals surface area (Å²) in [4.78, 5) is 16.8. The first-order valence-electron chi connectivity index (χ1n) is 10.2. The third-order valence-electron chi connectivity index (χ3n) is 5.85. The molecular weight excluding hydrogens is 407 g/mol. The van der Waals surface area contributed by atoms with Crippen LogP contribution in [0.1, 0.15) is 24.0 Å². The van der Waals surface area contributed by atoms with Gasteiger partial charge in [0.2, 0.25) is 0 Å². The van der Waals surface area contributed by atoms with Crippen molar-refractivity contribution in [2.24, 2.45) is 5.92 Å². The van der Waals surface area contributed by atoms with Gasteiger partial charge >= 0.3 is 0 Å². The lowest BCUT2D eigenvalue weighted by molar-refractivity contribution is 0.179. The Balaban J connectivity index is 1.24. The summed E-state index contributed by atoms with van der Waals surface area (Å²) in [7, 11) is 0. The number of hydrogen-bond acceptors (Lipinski definition) is 3. The number of carbonyl (C=O) groups is 1. The van der Waals surface area contributed by atoms with Crippen molar-refractivity contribution in [1.29, 1.82) is 0 Å². The average molecular weight is 433 g/mol. The smallest absolute Gasteiger partial charge is 0.282 e. The number of rotatable bonds is 6. The summed E-state index contributed by atoms with van der Waals surface area (Å²) < 4.78 is 13.5. The Morgan fingerprint density at radius 3 is 2.62 bits per heavy atom. The average Bonchev–Trinajstić information content (AvgIpc) is 3.06. The number of carbonyl (C=O) groups excluding carboxylic acids is 1. The summed E-state index contributed by atoms with van der Waals surface area (Å²) in [5.41, 5.74) is 2.09. The highest BCUT2D eigenvalue weighted by Gasteiger charge is 2.32. The molecule has 2 aromatic carbocycles. The molecule has 29 heavy (non-hydrogen) atoms. The molecule has 6 heteroatoms. The monoisotopic (exact) mass is 432 g/mol. The van der Waals surface area contributed by atoms with Crippen molar-refractivity contribution in [3.63, 3.8) is 0 Å². The van der Waals surface area contributed by atoms with E-state index in [2.05, 4.69) is 17.0 Å². The van der Waals surface area contributed by atoms with Gasteiger partial charge in [0.25, 0.3) is 5.24 Å². The predicted octanol–water partition coefficient (Wildman–Crippen LogP) is 5.47. The van der Waals surface area contributed by atoms with E-state index in [9.17, 15) is 9.18 Å². The Hall–Kier alpha value is -1.56. The number of likely N-dealkylation sites (tertiary alicyclic amines) is 1. The maximum absolute atomic E-state index is 13.5. The van der Waals surface area contributed by atoms with Crippen molar-refractivity contribution in [1.82, 2.24) is 9.80 Å². The zero-order valence-corrected chi connectivity index (χ0v) is 18.0. The first-order chi connectivity index (χ1) is 14.1. The minimum absolute atomic E-state index is 0.189. The van der Waals surface area contributed by atoms with Gasteiger partial charge in [-0.2, -0.15) is 0 Å².